The van der Waals surface area contributed by atoms with Crippen LogP contribution < -0.4 is 0 Å². The molecule has 0 heterocycles. The molecule has 8 unspecified atom stereocenters. The first kappa shape index (κ1) is 33.0. The molecule has 0 aromatic carbocycles. The molecular weight excluding hydrogens is 540 g/mol. The van der Waals surface area contributed by atoms with Gasteiger partial charge in [0, 0.05) is 35.7 Å². The zero-order valence-corrected chi connectivity index (χ0v) is 25.8. The molecule has 0 radical (unpaired) electrons. The summed E-state index contributed by atoms with van der Waals surface area (Å²) in [6.07, 6.45) is 7.83. The summed E-state index contributed by atoms with van der Waals surface area (Å²) in [5.41, 5.74) is -1.59. The quantitative estimate of drug-likeness (QED) is 0.221. The van der Waals surface area contributed by atoms with Gasteiger partial charge in [-0.05, 0) is 62.0 Å². The minimum atomic E-state index is -2.28. The van der Waals surface area contributed by atoms with Gasteiger partial charge in [0.1, 0.15) is 6.61 Å². The van der Waals surface area contributed by atoms with Gasteiger partial charge in [0.05, 0.1) is 18.1 Å². The normalized spacial score (nSPS) is 36.0. The number of ether oxygens (including phenoxy) is 2. The Kier molecular flexibility index (Phi) is 9.90. The zero-order valence-electron chi connectivity index (χ0n) is 25.8. The molecule has 4 aliphatic carbocycles. The molecule has 0 saturated heterocycles. The molecule has 4 aliphatic rings. The van der Waals surface area contributed by atoms with E-state index in [4.69, 9.17) is 9.47 Å². The van der Waals surface area contributed by atoms with Crippen molar-refractivity contribution in [2.45, 2.75) is 117 Å². The second-order valence-corrected chi connectivity index (χ2v) is 14.3. The molecule has 0 bridgehead atoms. The number of hydrogen-bond acceptors (Lipinski definition) is 9. The highest BCUT2D eigenvalue weighted by atomic mass is 16.6. The van der Waals surface area contributed by atoms with E-state index < -0.39 is 52.9 Å². The van der Waals surface area contributed by atoms with Crippen LogP contribution in [0.15, 0.2) is 23.8 Å². The van der Waals surface area contributed by atoms with Gasteiger partial charge in [-0.1, -0.05) is 53.0 Å². The van der Waals surface area contributed by atoms with Gasteiger partial charge in [-0.15, -0.1) is 0 Å². The highest BCUT2D eigenvalue weighted by molar-refractivity contribution is 6.01. The maximum absolute atomic E-state index is 13.2. The molecule has 4 rings (SSSR count). The number of hydrogen-bond donors (Lipinski definition) is 4. The lowest BCUT2D eigenvalue weighted by atomic mass is 9.44. The van der Waals surface area contributed by atoms with E-state index in [2.05, 4.69) is 0 Å². The lowest BCUT2D eigenvalue weighted by Crippen LogP contribution is -2.62. The first-order valence-corrected chi connectivity index (χ1v) is 15.7. The summed E-state index contributed by atoms with van der Waals surface area (Å²) in [5, 5.41) is 45.2. The fourth-order valence-corrected chi connectivity index (χ4v) is 8.55. The number of fused-ring (bicyclic) bond motifs is 3. The maximum atomic E-state index is 13.2. The van der Waals surface area contributed by atoms with Gasteiger partial charge >= 0.3 is 5.97 Å². The number of ketones is 2. The van der Waals surface area contributed by atoms with E-state index in [-0.39, 0.29) is 60.8 Å². The Morgan fingerprint density at radius 3 is 2.38 bits per heavy atom. The van der Waals surface area contributed by atoms with Crippen LogP contribution in [0.2, 0.25) is 0 Å². The van der Waals surface area contributed by atoms with Crippen molar-refractivity contribution in [1.29, 1.82) is 0 Å². The van der Waals surface area contributed by atoms with Crippen LogP contribution in [-0.2, 0) is 23.9 Å². The Balaban J connectivity index is 1.64. The predicted molar refractivity (Wildman–Crippen MR) is 154 cm³/mol. The fourth-order valence-electron chi connectivity index (χ4n) is 8.55. The molecule has 0 aromatic heterocycles. The fraction of sp³-hybridized carbons (Fsp3) is 0.788. The van der Waals surface area contributed by atoms with Crippen molar-refractivity contribution in [3.8, 4) is 0 Å². The van der Waals surface area contributed by atoms with E-state index in [0.717, 1.165) is 32.1 Å². The molecule has 236 valence electrons. The molecule has 9 nitrogen and oxygen atoms in total. The molecule has 3 fully saturated rings. The van der Waals surface area contributed by atoms with Crippen LogP contribution in [0.5, 0.6) is 0 Å². The average Bonchev–Trinajstić information content (AvgIpc) is 2.90. The standard InChI is InChI=1S/C33H50O9/c1-19(2)29(37)41-18-23(35)15-31(4)17-26(36)28-24(16-33(39,40)27-14-22(34)11-12-32(27,28)5)25(31)13-20(3)42-30(38)21-9-7-6-8-10-21/h11-12,14,19-21,24-26,28,30,36,38-40H,6-10,13,15-18H2,1-5H3. The summed E-state index contributed by atoms with van der Waals surface area (Å²) in [6.45, 7) is 8.66. The van der Waals surface area contributed by atoms with Gasteiger partial charge in [-0.2, -0.15) is 0 Å². The molecule has 0 aromatic rings. The van der Waals surface area contributed by atoms with Gasteiger partial charge in [0.2, 0.25) is 0 Å². The molecule has 8 atom stereocenters. The van der Waals surface area contributed by atoms with E-state index in [1.165, 1.54) is 12.2 Å². The summed E-state index contributed by atoms with van der Waals surface area (Å²) in [5.74, 6) is -4.85. The van der Waals surface area contributed by atoms with Gasteiger partial charge in [-0.25, -0.2) is 0 Å². The lowest BCUT2D eigenvalue weighted by molar-refractivity contribution is -0.226. The van der Waals surface area contributed by atoms with Crippen LogP contribution in [0, 0.1) is 40.4 Å². The highest BCUT2D eigenvalue weighted by Crippen LogP contribution is 2.63. The second kappa shape index (κ2) is 12.6. The maximum Gasteiger partial charge on any atom is 0.308 e. The number of rotatable bonds is 10. The summed E-state index contributed by atoms with van der Waals surface area (Å²) in [4.78, 5) is 37.5. The predicted octanol–water partition coefficient (Wildman–Crippen LogP) is 3.61. The second-order valence-electron chi connectivity index (χ2n) is 14.3. The van der Waals surface area contributed by atoms with Gasteiger partial charge in [0.25, 0.3) is 0 Å². The van der Waals surface area contributed by atoms with Gasteiger partial charge < -0.3 is 29.9 Å². The van der Waals surface area contributed by atoms with Crippen LogP contribution in [0.4, 0.5) is 0 Å². The van der Waals surface area contributed by atoms with Crippen molar-refractivity contribution in [3.63, 3.8) is 0 Å². The van der Waals surface area contributed by atoms with Crippen molar-refractivity contribution in [1.82, 2.24) is 0 Å². The van der Waals surface area contributed by atoms with Gasteiger partial charge in [-0.3, -0.25) is 14.4 Å². The Morgan fingerprint density at radius 1 is 1.07 bits per heavy atom. The number of esters is 1. The van der Waals surface area contributed by atoms with Crippen molar-refractivity contribution in [2.24, 2.45) is 40.4 Å². The van der Waals surface area contributed by atoms with E-state index in [0.29, 0.717) is 6.42 Å². The first-order valence-electron chi connectivity index (χ1n) is 15.7. The van der Waals surface area contributed by atoms with Crippen molar-refractivity contribution >= 4 is 17.5 Å². The Labute approximate surface area is 249 Å². The summed E-state index contributed by atoms with van der Waals surface area (Å²) in [6, 6.07) is 0. The van der Waals surface area contributed by atoms with E-state index >= 15 is 0 Å². The Hall–Kier alpha value is -1.91. The van der Waals surface area contributed by atoms with Crippen LogP contribution in [0.1, 0.15) is 92.4 Å². The molecule has 9 heteroatoms. The number of Topliss-reactive ketones (excluding diaryl/α,β-unsaturated/α-hetero) is 1. The summed E-state index contributed by atoms with van der Waals surface area (Å²) < 4.78 is 11.4. The monoisotopic (exact) mass is 590 g/mol. The molecule has 0 aliphatic heterocycles. The molecule has 0 spiro atoms. The number of allylic oxidation sites excluding steroid dienone is 3. The number of carbonyl (C=O) groups excluding carboxylic acids is 3. The third kappa shape index (κ3) is 6.75. The lowest BCUT2D eigenvalue weighted by Gasteiger charge is -2.61. The number of carbonyl (C=O) groups is 3. The largest absolute Gasteiger partial charge is 0.457 e. The minimum Gasteiger partial charge on any atom is -0.457 e. The SMILES string of the molecule is CC(CC1C2CC(O)(O)C3=CC(=O)C=CC3(C)C2C(O)CC1(C)CC(=O)COC(=O)C(C)C)OC(O)C1CCCCC1. The third-order valence-electron chi connectivity index (χ3n) is 10.5. The number of aliphatic hydroxyl groups is 4. The number of aliphatic hydroxyl groups excluding tert-OH is 2. The highest BCUT2D eigenvalue weighted by Gasteiger charge is 2.63. The van der Waals surface area contributed by atoms with Crippen LogP contribution in [-0.4, -0.2) is 68.9 Å². The van der Waals surface area contributed by atoms with Crippen LogP contribution in [0.25, 0.3) is 0 Å². The molecular formula is C33H50O9. The first-order chi connectivity index (χ1) is 19.6. The Bertz CT molecular complexity index is 1090. The minimum absolute atomic E-state index is 0.0266. The van der Waals surface area contributed by atoms with E-state index in [1.54, 1.807) is 19.9 Å². The van der Waals surface area contributed by atoms with Crippen molar-refractivity contribution in [2.75, 3.05) is 6.61 Å². The van der Waals surface area contributed by atoms with Gasteiger partial charge in [0.15, 0.2) is 23.6 Å². The summed E-state index contributed by atoms with van der Waals surface area (Å²) >= 11 is 0. The zero-order chi connectivity index (χ0) is 31.0. The van der Waals surface area contributed by atoms with Crippen LogP contribution in [0.3, 0.4) is 0 Å². The molecule has 42 heavy (non-hydrogen) atoms. The van der Waals surface area contributed by atoms with Crippen molar-refractivity contribution in [3.05, 3.63) is 23.8 Å². The molecule has 4 N–H and O–H groups in total. The Morgan fingerprint density at radius 2 is 1.74 bits per heavy atom. The summed E-state index contributed by atoms with van der Waals surface area (Å²) in [7, 11) is 0. The molecule has 0 amide bonds. The average molecular weight is 591 g/mol. The smallest absolute Gasteiger partial charge is 0.308 e. The third-order valence-corrected chi connectivity index (χ3v) is 10.5. The van der Waals surface area contributed by atoms with Crippen LogP contribution >= 0.6 is 0 Å². The van der Waals surface area contributed by atoms with Crippen molar-refractivity contribution < 1.29 is 44.3 Å². The van der Waals surface area contributed by atoms with E-state index in [1.807, 2.05) is 20.8 Å². The topological polar surface area (TPSA) is 151 Å². The molecule has 3 saturated carbocycles. The van der Waals surface area contributed by atoms with E-state index in [9.17, 15) is 34.8 Å².